The molecule has 238 valence electrons. The quantitative estimate of drug-likeness (QED) is 0.283. The van der Waals surface area contributed by atoms with Gasteiger partial charge in [-0.3, -0.25) is 19.2 Å². The molecule has 3 fully saturated rings. The number of carbonyl (C=O) groups excluding carboxylic acids is 5. The molecule has 12 nitrogen and oxygen atoms in total. The van der Waals surface area contributed by atoms with Crippen LogP contribution in [0.15, 0.2) is 36.3 Å². The Kier molecular flexibility index (Phi) is 8.69. The zero-order chi connectivity index (χ0) is 31.9. The van der Waals surface area contributed by atoms with Crippen LogP contribution in [-0.4, -0.2) is 81.1 Å². The highest BCUT2D eigenvalue weighted by Crippen LogP contribution is 2.67. The lowest BCUT2D eigenvalue weighted by atomic mass is 9.46. The number of Topliss-reactive ketones (excluding diaryl/α,β-unsaturated/α-hetero) is 1. The van der Waals surface area contributed by atoms with E-state index in [1.807, 2.05) is 13.0 Å². The number of allylic oxidation sites excluding steroid dienone is 4. The molecule has 0 saturated heterocycles. The van der Waals surface area contributed by atoms with Crippen molar-refractivity contribution in [3.8, 4) is 0 Å². The van der Waals surface area contributed by atoms with Crippen LogP contribution in [0.1, 0.15) is 64.5 Å². The molecule has 4 N–H and O–H groups in total. The minimum atomic E-state index is -1.78. The molecule has 12 heteroatoms. The molecular weight excluding hydrogens is 570 g/mol. The molecule has 0 aliphatic heterocycles. The van der Waals surface area contributed by atoms with Gasteiger partial charge in [0.15, 0.2) is 12.4 Å². The van der Waals surface area contributed by atoms with Crippen molar-refractivity contribution in [3.63, 3.8) is 0 Å². The average molecular weight is 612 g/mol. The Labute approximate surface area is 255 Å². The summed E-state index contributed by atoms with van der Waals surface area (Å²) in [4.78, 5) is 69.3. The Morgan fingerprint density at radius 1 is 1.20 bits per heavy atom. The zero-order valence-electron chi connectivity index (χ0n) is 25.3. The van der Waals surface area contributed by atoms with E-state index in [4.69, 9.17) is 9.47 Å². The Morgan fingerprint density at radius 2 is 1.98 bits per heavy atom. The van der Waals surface area contributed by atoms with E-state index in [1.165, 1.54) is 19.6 Å². The van der Waals surface area contributed by atoms with Gasteiger partial charge in [-0.15, -0.1) is 0 Å². The first-order valence-corrected chi connectivity index (χ1v) is 15.2. The minimum absolute atomic E-state index is 0.0295. The molecular formula is C32H41N3O9. The summed E-state index contributed by atoms with van der Waals surface area (Å²) in [7, 11) is 1.20. The highest BCUT2D eigenvalue weighted by molar-refractivity contribution is 6.01. The molecule has 1 amide bonds. The summed E-state index contributed by atoms with van der Waals surface area (Å²) in [6.07, 6.45) is 9.31. The second-order valence-corrected chi connectivity index (χ2v) is 13.1. The standard InChI is InChI=1S/C32H41N3O9/c1-30-10-8-20(36)12-18(30)4-5-21-22-9-11-32(42,31(22,2)14-24(37)28(21)30)25(38)16-44-27(40)7-6-26(39)35-23(29(41)43-3)13-19-15-33-17-34-19/h8,10,12,15,17,21-24,28,37,42H,4-7,9,11,13-14,16H2,1-3H3,(H,33,34)(H,35,39)/t21-,22+,23-,24+,28-,30-,31-,32+/m0/s1. The third-order valence-electron chi connectivity index (χ3n) is 10.8. The van der Waals surface area contributed by atoms with Crippen LogP contribution >= 0.6 is 0 Å². The van der Waals surface area contributed by atoms with Gasteiger partial charge in [0.2, 0.25) is 11.7 Å². The van der Waals surface area contributed by atoms with E-state index in [-0.39, 0.29) is 55.6 Å². The van der Waals surface area contributed by atoms with Gasteiger partial charge in [-0.1, -0.05) is 25.5 Å². The molecule has 0 aromatic carbocycles. The maximum Gasteiger partial charge on any atom is 0.328 e. The van der Waals surface area contributed by atoms with Crippen LogP contribution in [0.25, 0.3) is 0 Å². The summed E-state index contributed by atoms with van der Waals surface area (Å²) in [5, 5.41) is 25.9. The lowest BCUT2D eigenvalue weighted by Crippen LogP contribution is -2.61. The van der Waals surface area contributed by atoms with Gasteiger partial charge in [0.25, 0.3) is 0 Å². The van der Waals surface area contributed by atoms with Crippen molar-refractivity contribution in [2.45, 2.75) is 83.0 Å². The van der Waals surface area contributed by atoms with Crippen LogP contribution < -0.4 is 5.32 Å². The van der Waals surface area contributed by atoms with E-state index in [0.29, 0.717) is 18.5 Å². The fraction of sp³-hybridized carbons (Fsp3) is 0.625. The van der Waals surface area contributed by atoms with E-state index in [2.05, 4.69) is 22.2 Å². The average Bonchev–Trinajstić information content (AvgIpc) is 3.60. The van der Waals surface area contributed by atoms with Gasteiger partial charge in [-0.2, -0.15) is 0 Å². The molecule has 8 atom stereocenters. The second-order valence-electron chi connectivity index (χ2n) is 13.1. The van der Waals surface area contributed by atoms with Crippen molar-refractivity contribution >= 4 is 29.4 Å². The summed E-state index contributed by atoms with van der Waals surface area (Å²) < 4.78 is 9.95. The fourth-order valence-corrected chi connectivity index (χ4v) is 8.56. The van der Waals surface area contributed by atoms with E-state index >= 15 is 0 Å². The molecule has 44 heavy (non-hydrogen) atoms. The number of imidazole rings is 1. The van der Waals surface area contributed by atoms with E-state index in [1.54, 1.807) is 12.2 Å². The molecule has 0 spiro atoms. The number of nitrogens with one attached hydrogen (secondary N) is 2. The Bertz CT molecular complexity index is 1390. The lowest BCUT2D eigenvalue weighted by molar-refractivity contribution is -0.181. The number of ether oxygens (including phenoxy) is 2. The number of nitrogens with zero attached hydrogens (tertiary/aromatic N) is 1. The molecule has 0 bridgehead atoms. The first kappa shape index (κ1) is 31.8. The number of aromatic amines is 1. The monoisotopic (exact) mass is 611 g/mol. The van der Waals surface area contributed by atoms with Gasteiger partial charge in [-0.25, -0.2) is 9.78 Å². The zero-order valence-corrected chi connectivity index (χ0v) is 25.3. The van der Waals surface area contributed by atoms with Crippen molar-refractivity contribution in [2.24, 2.45) is 28.6 Å². The van der Waals surface area contributed by atoms with Crippen LogP contribution in [0.2, 0.25) is 0 Å². The molecule has 0 unspecified atom stereocenters. The second kappa shape index (κ2) is 12.0. The van der Waals surface area contributed by atoms with Crippen LogP contribution in [0.5, 0.6) is 0 Å². The third kappa shape index (κ3) is 5.53. The maximum absolute atomic E-state index is 13.5. The number of carbonyl (C=O) groups is 5. The fourth-order valence-electron chi connectivity index (χ4n) is 8.56. The predicted molar refractivity (Wildman–Crippen MR) is 154 cm³/mol. The summed E-state index contributed by atoms with van der Waals surface area (Å²) >= 11 is 0. The van der Waals surface area contributed by atoms with Crippen molar-refractivity contribution in [2.75, 3.05) is 13.7 Å². The molecule has 0 radical (unpaired) electrons. The van der Waals surface area contributed by atoms with Crippen molar-refractivity contribution in [1.29, 1.82) is 0 Å². The molecule has 4 aliphatic rings. The highest BCUT2D eigenvalue weighted by atomic mass is 16.5. The first-order valence-electron chi connectivity index (χ1n) is 15.2. The van der Waals surface area contributed by atoms with Gasteiger partial charge < -0.3 is 30.0 Å². The summed E-state index contributed by atoms with van der Waals surface area (Å²) in [6.45, 7) is 3.26. The maximum atomic E-state index is 13.5. The Morgan fingerprint density at radius 3 is 2.68 bits per heavy atom. The van der Waals surface area contributed by atoms with Crippen LogP contribution in [0.4, 0.5) is 0 Å². The number of aromatic nitrogens is 2. The van der Waals surface area contributed by atoms with E-state index in [0.717, 1.165) is 12.0 Å². The van der Waals surface area contributed by atoms with Crippen LogP contribution in [0, 0.1) is 28.6 Å². The predicted octanol–water partition coefficient (Wildman–Crippen LogP) is 1.51. The molecule has 5 rings (SSSR count). The van der Waals surface area contributed by atoms with Crippen LogP contribution in [-0.2, 0) is 39.9 Å². The number of methoxy groups -OCH3 is 1. The smallest absolute Gasteiger partial charge is 0.328 e. The third-order valence-corrected chi connectivity index (χ3v) is 10.8. The largest absolute Gasteiger partial charge is 0.467 e. The van der Waals surface area contributed by atoms with Crippen molar-refractivity contribution in [3.05, 3.63) is 42.0 Å². The lowest BCUT2D eigenvalue weighted by Gasteiger charge is -2.59. The number of aliphatic hydroxyl groups is 2. The van der Waals surface area contributed by atoms with Gasteiger partial charge >= 0.3 is 11.9 Å². The SMILES string of the molecule is COC(=O)[C@H](Cc1cnc[nH]1)NC(=O)CCC(=O)OCC(=O)[C@]1(O)CC[C@@H]2[C@@H]3CCC4=CC(=O)C=C[C@]4(C)[C@@H]3[C@H](O)C[C@@]21C. The Balaban J connectivity index is 1.17. The number of aliphatic hydroxyl groups excluding tert-OH is 1. The highest BCUT2D eigenvalue weighted by Gasteiger charge is 2.68. The van der Waals surface area contributed by atoms with E-state index in [9.17, 15) is 34.2 Å². The van der Waals surface area contributed by atoms with Gasteiger partial charge in [-0.05, 0) is 56.1 Å². The van der Waals surface area contributed by atoms with Gasteiger partial charge in [0.1, 0.15) is 11.6 Å². The number of ketones is 2. The number of hydrogen-bond donors (Lipinski definition) is 4. The molecule has 3 saturated carbocycles. The van der Waals surface area contributed by atoms with Gasteiger partial charge in [0.05, 0.1) is 26.0 Å². The number of esters is 2. The Hall–Kier alpha value is -3.64. The number of fused-ring (bicyclic) bond motifs is 5. The first-order chi connectivity index (χ1) is 20.8. The number of H-pyrrole nitrogens is 1. The summed E-state index contributed by atoms with van der Waals surface area (Å²) in [5.74, 6) is -2.80. The molecule has 4 aliphatic carbocycles. The van der Waals surface area contributed by atoms with Crippen molar-refractivity contribution < 1.29 is 43.7 Å². The topological polar surface area (TPSA) is 185 Å². The summed E-state index contributed by atoms with van der Waals surface area (Å²) in [5.41, 5.74) is -1.52. The number of rotatable bonds is 10. The number of amides is 1. The number of hydrogen-bond acceptors (Lipinski definition) is 10. The molecule has 1 heterocycles. The summed E-state index contributed by atoms with van der Waals surface area (Å²) in [6, 6.07) is -0.979. The van der Waals surface area contributed by atoms with Crippen LogP contribution in [0.3, 0.4) is 0 Å². The normalized spacial score (nSPS) is 34.6. The molecule has 1 aromatic rings. The molecule has 1 aromatic heterocycles. The van der Waals surface area contributed by atoms with Gasteiger partial charge in [0, 0.05) is 41.5 Å². The van der Waals surface area contributed by atoms with Crippen molar-refractivity contribution in [1.82, 2.24) is 15.3 Å². The van der Waals surface area contributed by atoms with E-state index < -0.39 is 58.8 Å². The minimum Gasteiger partial charge on any atom is -0.467 e.